The number of aromatic hydroxyl groups is 1. The maximum absolute atomic E-state index is 11.9. The molecular formula is C15H13BrO2. The quantitative estimate of drug-likeness (QED) is 0.938. The number of hydrogen-bond acceptors (Lipinski definition) is 2. The Kier molecular flexibility index (Phi) is 4.15. The van der Waals surface area contributed by atoms with E-state index < -0.39 is 0 Å². The van der Waals surface area contributed by atoms with Crippen LogP contribution in [0.2, 0.25) is 0 Å². The maximum Gasteiger partial charge on any atom is 0.141 e. The van der Waals surface area contributed by atoms with Crippen molar-refractivity contribution in [2.45, 2.75) is 12.8 Å². The molecule has 92 valence electrons. The van der Waals surface area contributed by atoms with Crippen molar-refractivity contribution in [1.29, 1.82) is 0 Å². The smallest absolute Gasteiger partial charge is 0.141 e. The monoisotopic (exact) mass is 304 g/mol. The predicted molar refractivity (Wildman–Crippen MR) is 74.7 cm³/mol. The van der Waals surface area contributed by atoms with Crippen LogP contribution in [-0.4, -0.2) is 10.9 Å². The fourth-order valence-corrected chi connectivity index (χ4v) is 2.23. The molecule has 0 amide bonds. The Hall–Kier alpha value is -1.61. The molecule has 0 aliphatic rings. The van der Waals surface area contributed by atoms with Crippen LogP contribution in [0.25, 0.3) is 0 Å². The lowest BCUT2D eigenvalue weighted by atomic mass is 10.0. The Morgan fingerprint density at radius 2 is 1.67 bits per heavy atom. The molecule has 3 heteroatoms. The zero-order valence-corrected chi connectivity index (χ0v) is 11.4. The molecule has 2 rings (SSSR count). The Balaban J connectivity index is 1.98. The molecule has 0 atom stereocenters. The molecule has 0 radical (unpaired) electrons. The Labute approximate surface area is 114 Å². The number of ketones is 1. The molecule has 0 saturated carbocycles. The van der Waals surface area contributed by atoms with Gasteiger partial charge < -0.3 is 5.11 Å². The van der Waals surface area contributed by atoms with E-state index >= 15 is 0 Å². The second kappa shape index (κ2) is 5.83. The van der Waals surface area contributed by atoms with Crippen LogP contribution in [0.15, 0.2) is 53.0 Å². The average molecular weight is 305 g/mol. The molecule has 2 nitrogen and oxygen atoms in total. The van der Waals surface area contributed by atoms with E-state index in [2.05, 4.69) is 15.9 Å². The summed E-state index contributed by atoms with van der Waals surface area (Å²) in [6.07, 6.45) is 0.826. The number of rotatable bonds is 4. The first-order valence-electron chi connectivity index (χ1n) is 5.67. The van der Waals surface area contributed by atoms with Crippen molar-refractivity contribution < 1.29 is 9.90 Å². The predicted octanol–water partition coefficient (Wildman–Crippen LogP) is 3.51. The summed E-state index contributed by atoms with van der Waals surface area (Å²) in [6.45, 7) is 0. The van der Waals surface area contributed by atoms with Gasteiger partial charge in [0.15, 0.2) is 0 Å². The normalized spacial score (nSPS) is 10.3. The lowest BCUT2D eigenvalue weighted by Gasteiger charge is -2.03. The van der Waals surface area contributed by atoms with E-state index in [9.17, 15) is 4.79 Å². The number of phenols is 1. The summed E-state index contributed by atoms with van der Waals surface area (Å²) in [4.78, 5) is 11.9. The van der Waals surface area contributed by atoms with Gasteiger partial charge in [-0.2, -0.15) is 0 Å². The molecule has 2 aromatic carbocycles. The number of carbonyl (C=O) groups is 1. The standard InChI is InChI=1S/C15H13BrO2/c16-13-3-1-2-12(8-13)10-15(18)9-11-4-6-14(17)7-5-11/h1-8,17H,9-10H2. The lowest BCUT2D eigenvalue weighted by Crippen LogP contribution is -2.06. The van der Waals surface area contributed by atoms with Gasteiger partial charge in [-0.25, -0.2) is 0 Å². The van der Waals surface area contributed by atoms with Crippen LogP contribution in [0.4, 0.5) is 0 Å². The molecule has 0 aliphatic heterocycles. The Morgan fingerprint density at radius 3 is 2.33 bits per heavy atom. The number of hydrogen-bond donors (Lipinski definition) is 1. The van der Waals surface area contributed by atoms with Crippen molar-refractivity contribution in [2.75, 3.05) is 0 Å². The van der Waals surface area contributed by atoms with E-state index in [0.29, 0.717) is 12.8 Å². The van der Waals surface area contributed by atoms with Crippen molar-refractivity contribution >= 4 is 21.7 Å². The topological polar surface area (TPSA) is 37.3 Å². The minimum absolute atomic E-state index is 0.166. The molecule has 0 aromatic heterocycles. The fraction of sp³-hybridized carbons (Fsp3) is 0.133. The fourth-order valence-electron chi connectivity index (χ4n) is 1.78. The molecule has 2 aromatic rings. The average Bonchev–Trinajstić information content (AvgIpc) is 2.32. The summed E-state index contributed by atoms with van der Waals surface area (Å²) in [6, 6.07) is 14.5. The highest BCUT2D eigenvalue weighted by molar-refractivity contribution is 9.10. The second-order valence-corrected chi connectivity index (χ2v) is 5.10. The van der Waals surface area contributed by atoms with Crippen LogP contribution in [0.5, 0.6) is 5.75 Å². The number of carbonyl (C=O) groups excluding carboxylic acids is 1. The van der Waals surface area contributed by atoms with Crippen LogP contribution in [0.1, 0.15) is 11.1 Å². The van der Waals surface area contributed by atoms with Crippen molar-refractivity contribution in [3.8, 4) is 5.75 Å². The van der Waals surface area contributed by atoms with Crippen LogP contribution in [0.3, 0.4) is 0 Å². The van der Waals surface area contributed by atoms with Gasteiger partial charge in [-0.15, -0.1) is 0 Å². The number of benzene rings is 2. The van der Waals surface area contributed by atoms with Crippen LogP contribution in [0, 0.1) is 0 Å². The second-order valence-electron chi connectivity index (χ2n) is 4.19. The molecule has 0 fully saturated rings. The highest BCUT2D eigenvalue weighted by atomic mass is 79.9. The zero-order valence-electron chi connectivity index (χ0n) is 9.77. The van der Waals surface area contributed by atoms with E-state index in [1.54, 1.807) is 24.3 Å². The lowest BCUT2D eigenvalue weighted by molar-refractivity contribution is -0.117. The van der Waals surface area contributed by atoms with Crippen molar-refractivity contribution in [2.24, 2.45) is 0 Å². The molecular weight excluding hydrogens is 292 g/mol. The largest absolute Gasteiger partial charge is 0.508 e. The number of halogens is 1. The summed E-state index contributed by atoms with van der Waals surface area (Å²) in [7, 11) is 0. The Morgan fingerprint density at radius 1 is 1.00 bits per heavy atom. The molecule has 1 N–H and O–H groups in total. The van der Waals surface area contributed by atoms with Gasteiger partial charge in [0, 0.05) is 17.3 Å². The highest BCUT2D eigenvalue weighted by Crippen LogP contribution is 2.14. The first-order valence-corrected chi connectivity index (χ1v) is 6.47. The van der Waals surface area contributed by atoms with Gasteiger partial charge in [-0.3, -0.25) is 4.79 Å². The van der Waals surface area contributed by atoms with Crippen molar-refractivity contribution in [1.82, 2.24) is 0 Å². The minimum Gasteiger partial charge on any atom is -0.508 e. The molecule has 0 bridgehead atoms. The van der Waals surface area contributed by atoms with E-state index in [4.69, 9.17) is 5.11 Å². The van der Waals surface area contributed by atoms with Gasteiger partial charge in [0.25, 0.3) is 0 Å². The summed E-state index contributed by atoms with van der Waals surface area (Å²) in [5.41, 5.74) is 1.93. The number of Topliss-reactive ketones (excluding diaryl/α,β-unsaturated/α-hetero) is 1. The van der Waals surface area contributed by atoms with Crippen LogP contribution in [-0.2, 0) is 17.6 Å². The molecule has 0 spiro atoms. The van der Waals surface area contributed by atoms with Gasteiger partial charge in [0.1, 0.15) is 11.5 Å². The van der Waals surface area contributed by atoms with Gasteiger partial charge in [0.05, 0.1) is 0 Å². The SMILES string of the molecule is O=C(Cc1ccc(O)cc1)Cc1cccc(Br)c1. The first-order chi connectivity index (χ1) is 8.63. The van der Waals surface area contributed by atoms with E-state index in [-0.39, 0.29) is 11.5 Å². The zero-order chi connectivity index (χ0) is 13.0. The van der Waals surface area contributed by atoms with Crippen molar-refractivity contribution in [3.05, 3.63) is 64.1 Å². The van der Waals surface area contributed by atoms with Crippen molar-refractivity contribution in [3.63, 3.8) is 0 Å². The molecule has 0 heterocycles. The first kappa shape index (κ1) is 12.8. The van der Waals surface area contributed by atoms with Gasteiger partial charge in [0.2, 0.25) is 0 Å². The third-order valence-electron chi connectivity index (χ3n) is 2.63. The van der Waals surface area contributed by atoms with Gasteiger partial charge in [-0.1, -0.05) is 40.2 Å². The third-order valence-corrected chi connectivity index (χ3v) is 3.12. The highest BCUT2D eigenvalue weighted by Gasteiger charge is 2.05. The van der Waals surface area contributed by atoms with E-state index in [0.717, 1.165) is 15.6 Å². The maximum atomic E-state index is 11.9. The summed E-state index contributed by atoms with van der Waals surface area (Å²) < 4.78 is 0.984. The summed E-state index contributed by atoms with van der Waals surface area (Å²) in [5.74, 6) is 0.386. The third kappa shape index (κ3) is 3.70. The molecule has 0 aliphatic carbocycles. The Bertz CT molecular complexity index is 547. The van der Waals surface area contributed by atoms with Gasteiger partial charge in [-0.05, 0) is 35.4 Å². The van der Waals surface area contributed by atoms with E-state index in [1.807, 2.05) is 24.3 Å². The molecule has 0 saturated heterocycles. The van der Waals surface area contributed by atoms with Crippen LogP contribution < -0.4 is 0 Å². The summed E-state index contributed by atoms with van der Waals surface area (Å²) in [5, 5.41) is 9.17. The summed E-state index contributed by atoms with van der Waals surface area (Å²) >= 11 is 3.39. The minimum atomic E-state index is 0.166. The molecule has 0 unspecified atom stereocenters. The number of phenolic OH excluding ortho intramolecular Hbond substituents is 1. The molecule has 18 heavy (non-hydrogen) atoms. The van der Waals surface area contributed by atoms with Crippen LogP contribution >= 0.6 is 15.9 Å². The van der Waals surface area contributed by atoms with Gasteiger partial charge >= 0.3 is 0 Å². The van der Waals surface area contributed by atoms with E-state index in [1.165, 1.54) is 0 Å².